The van der Waals surface area contributed by atoms with Crippen LogP contribution in [0, 0.1) is 11.3 Å². The molecule has 0 amide bonds. The number of ether oxygens (including phenoxy) is 3. The first-order valence-electron chi connectivity index (χ1n) is 5.87. The summed E-state index contributed by atoms with van der Waals surface area (Å²) < 4.78 is 16.0. The summed E-state index contributed by atoms with van der Waals surface area (Å²) in [5.74, 6) is 1.51. The van der Waals surface area contributed by atoms with E-state index in [4.69, 9.17) is 36.8 Å². The minimum Gasteiger partial charge on any atom is -0.490 e. The van der Waals surface area contributed by atoms with Crippen molar-refractivity contribution in [2.45, 2.75) is 6.42 Å². The van der Waals surface area contributed by atoms with E-state index >= 15 is 0 Å². The summed E-state index contributed by atoms with van der Waals surface area (Å²) in [7, 11) is 1.59. The predicted octanol–water partition coefficient (Wildman–Crippen LogP) is 2.17. The van der Waals surface area contributed by atoms with Gasteiger partial charge in [0, 0.05) is 25.1 Å². The number of nitriles is 1. The summed E-state index contributed by atoms with van der Waals surface area (Å²) in [5, 5.41) is 8.95. The molecule has 0 saturated carbocycles. The first-order valence-corrected chi connectivity index (χ1v) is 6.40. The molecule has 0 unspecified atom stereocenters. The number of alkyl halides is 1. The van der Waals surface area contributed by atoms with Gasteiger partial charge < -0.3 is 19.9 Å². The van der Waals surface area contributed by atoms with E-state index in [2.05, 4.69) is 0 Å². The van der Waals surface area contributed by atoms with Gasteiger partial charge in [0.25, 0.3) is 0 Å². The lowest BCUT2D eigenvalue weighted by Crippen LogP contribution is -2.07. The fraction of sp³-hybridized carbons (Fsp3) is 0.462. The molecule has 104 valence electrons. The Morgan fingerprint density at radius 3 is 2.53 bits per heavy atom. The quantitative estimate of drug-likeness (QED) is 0.450. The number of halogens is 1. The van der Waals surface area contributed by atoms with Gasteiger partial charge >= 0.3 is 0 Å². The maximum atomic E-state index is 8.95. The smallest absolute Gasteiger partial charge is 0.163 e. The first-order chi connectivity index (χ1) is 9.22. The Morgan fingerprint density at radius 2 is 1.89 bits per heavy atom. The van der Waals surface area contributed by atoms with Crippen LogP contribution in [0.15, 0.2) is 12.1 Å². The van der Waals surface area contributed by atoms with Crippen LogP contribution in [0.3, 0.4) is 0 Å². The molecular weight excluding hydrogens is 268 g/mol. The number of benzene rings is 1. The Bertz CT molecular complexity index is 446. The maximum Gasteiger partial charge on any atom is 0.163 e. The van der Waals surface area contributed by atoms with Crippen LogP contribution in [0.2, 0.25) is 0 Å². The molecule has 1 aromatic rings. The highest BCUT2D eigenvalue weighted by Crippen LogP contribution is 2.32. The van der Waals surface area contributed by atoms with E-state index in [0.29, 0.717) is 48.5 Å². The second-order valence-electron chi connectivity index (χ2n) is 3.73. The summed E-state index contributed by atoms with van der Waals surface area (Å²) >= 11 is 5.59. The number of rotatable bonds is 8. The fourth-order valence-corrected chi connectivity index (χ4v) is 1.48. The summed E-state index contributed by atoms with van der Waals surface area (Å²) in [6.45, 7) is 1.29. The summed E-state index contributed by atoms with van der Waals surface area (Å²) in [6.07, 6.45) is 0.721. The molecule has 1 aromatic carbocycles. The number of nitrogens with zero attached hydrogens (tertiary/aromatic N) is 1. The van der Waals surface area contributed by atoms with Crippen molar-refractivity contribution in [3.63, 3.8) is 0 Å². The third-order valence-corrected chi connectivity index (χ3v) is 2.58. The van der Waals surface area contributed by atoms with Gasteiger partial charge in [-0.1, -0.05) is 0 Å². The molecular formula is C13H17ClN2O3. The zero-order valence-electron chi connectivity index (χ0n) is 10.8. The molecule has 0 aliphatic heterocycles. The minimum atomic E-state index is 0.358. The normalized spacial score (nSPS) is 9.95. The third-order valence-electron chi connectivity index (χ3n) is 2.32. The number of nitrogens with two attached hydrogens (primary N) is 1. The van der Waals surface area contributed by atoms with Gasteiger partial charge in [0.05, 0.1) is 24.5 Å². The second kappa shape index (κ2) is 8.46. The monoisotopic (exact) mass is 284 g/mol. The molecule has 0 atom stereocenters. The van der Waals surface area contributed by atoms with Crippen molar-refractivity contribution in [2.75, 3.05) is 38.5 Å². The molecule has 0 spiro atoms. The van der Waals surface area contributed by atoms with E-state index in [9.17, 15) is 0 Å². The van der Waals surface area contributed by atoms with Gasteiger partial charge in [-0.25, -0.2) is 0 Å². The van der Waals surface area contributed by atoms with Crippen LogP contribution in [0.25, 0.3) is 0 Å². The van der Waals surface area contributed by atoms with Crippen LogP contribution in [-0.4, -0.2) is 32.8 Å². The van der Waals surface area contributed by atoms with Crippen LogP contribution in [0.1, 0.15) is 12.0 Å². The van der Waals surface area contributed by atoms with Crippen LogP contribution in [0.5, 0.6) is 11.5 Å². The van der Waals surface area contributed by atoms with Crippen molar-refractivity contribution in [1.82, 2.24) is 0 Å². The number of anilines is 1. The van der Waals surface area contributed by atoms with Gasteiger partial charge in [-0.15, -0.1) is 11.6 Å². The minimum absolute atomic E-state index is 0.358. The molecule has 5 nitrogen and oxygen atoms in total. The van der Waals surface area contributed by atoms with Crippen molar-refractivity contribution in [2.24, 2.45) is 0 Å². The SMILES string of the molecule is COCCOc1cc(C#N)c(N)cc1OCCCCl. The van der Waals surface area contributed by atoms with E-state index in [-0.39, 0.29) is 0 Å². The fourth-order valence-electron chi connectivity index (χ4n) is 1.37. The second-order valence-corrected chi connectivity index (χ2v) is 4.11. The van der Waals surface area contributed by atoms with Crippen LogP contribution < -0.4 is 15.2 Å². The molecule has 0 aliphatic rings. The largest absolute Gasteiger partial charge is 0.490 e. The van der Waals surface area contributed by atoms with Gasteiger partial charge in [0.1, 0.15) is 12.7 Å². The van der Waals surface area contributed by atoms with E-state index in [1.807, 2.05) is 6.07 Å². The van der Waals surface area contributed by atoms with Crippen LogP contribution in [0.4, 0.5) is 5.69 Å². The highest BCUT2D eigenvalue weighted by molar-refractivity contribution is 6.17. The van der Waals surface area contributed by atoms with Crippen molar-refractivity contribution in [1.29, 1.82) is 5.26 Å². The van der Waals surface area contributed by atoms with E-state index in [1.54, 1.807) is 19.2 Å². The Morgan fingerprint density at radius 1 is 1.21 bits per heavy atom. The van der Waals surface area contributed by atoms with Crippen LogP contribution >= 0.6 is 11.6 Å². The Labute approximate surface area is 117 Å². The van der Waals surface area contributed by atoms with Gasteiger partial charge in [0.2, 0.25) is 0 Å². The van der Waals surface area contributed by atoms with Crippen molar-refractivity contribution in [3.05, 3.63) is 17.7 Å². The van der Waals surface area contributed by atoms with E-state index < -0.39 is 0 Å². The number of hydrogen-bond donors (Lipinski definition) is 1. The number of methoxy groups -OCH3 is 1. The maximum absolute atomic E-state index is 8.95. The molecule has 0 heterocycles. The lowest BCUT2D eigenvalue weighted by Gasteiger charge is -2.13. The van der Waals surface area contributed by atoms with Gasteiger partial charge in [-0.2, -0.15) is 5.26 Å². The molecule has 0 fully saturated rings. The average molecular weight is 285 g/mol. The van der Waals surface area contributed by atoms with Gasteiger partial charge in [0.15, 0.2) is 11.5 Å². The van der Waals surface area contributed by atoms with Gasteiger partial charge in [-0.05, 0) is 6.42 Å². The van der Waals surface area contributed by atoms with E-state index in [1.165, 1.54) is 0 Å². The Hall–Kier alpha value is -1.64. The van der Waals surface area contributed by atoms with Gasteiger partial charge in [-0.3, -0.25) is 0 Å². The van der Waals surface area contributed by atoms with Crippen molar-refractivity contribution < 1.29 is 14.2 Å². The lowest BCUT2D eigenvalue weighted by atomic mass is 10.2. The Kier molecular flexibility index (Phi) is 6.86. The molecule has 0 saturated heterocycles. The Balaban J connectivity index is 2.85. The first kappa shape index (κ1) is 15.4. The van der Waals surface area contributed by atoms with E-state index in [0.717, 1.165) is 6.42 Å². The predicted molar refractivity (Wildman–Crippen MR) is 73.8 cm³/mol. The standard InChI is InChI=1S/C13H17ClN2O3/c1-17-5-6-19-12-7-10(9-15)11(16)8-13(12)18-4-2-3-14/h7-8H,2-6,16H2,1H3. The topological polar surface area (TPSA) is 77.5 Å². The average Bonchev–Trinajstić information content (AvgIpc) is 2.41. The molecule has 0 aromatic heterocycles. The zero-order chi connectivity index (χ0) is 14.1. The lowest BCUT2D eigenvalue weighted by molar-refractivity contribution is 0.143. The third kappa shape index (κ3) is 4.86. The zero-order valence-corrected chi connectivity index (χ0v) is 11.6. The molecule has 2 N–H and O–H groups in total. The van der Waals surface area contributed by atoms with Crippen molar-refractivity contribution >= 4 is 17.3 Å². The van der Waals surface area contributed by atoms with Crippen molar-refractivity contribution in [3.8, 4) is 17.6 Å². The molecule has 6 heteroatoms. The number of nitrogen functional groups attached to an aromatic ring is 1. The number of hydrogen-bond acceptors (Lipinski definition) is 5. The molecule has 0 radical (unpaired) electrons. The summed E-state index contributed by atoms with van der Waals surface area (Å²) in [4.78, 5) is 0. The summed E-state index contributed by atoms with van der Waals surface area (Å²) in [6, 6.07) is 5.17. The molecule has 1 rings (SSSR count). The summed E-state index contributed by atoms with van der Waals surface area (Å²) in [5.41, 5.74) is 6.47. The molecule has 19 heavy (non-hydrogen) atoms. The highest BCUT2D eigenvalue weighted by atomic mass is 35.5. The van der Waals surface area contributed by atoms with Crippen LogP contribution in [-0.2, 0) is 4.74 Å². The molecule has 0 aliphatic carbocycles. The highest BCUT2D eigenvalue weighted by Gasteiger charge is 2.10. The molecule has 0 bridgehead atoms.